The van der Waals surface area contributed by atoms with E-state index >= 15 is 0 Å². The number of anilines is 2. The number of rotatable bonds is 8. The summed E-state index contributed by atoms with van der Waals surface area (Å²) >= 11 is 0. The van der Waals surface area contributed by atoms with Crippen molar-refractivity contribution >= 4 is 27.3 Å². The van der Waals surface area contributed by atoms with Crippen LogP contribution >= 0.6 is 0 Å². The van der Waals surface area contributed by atoms with Crippen molar-refractivity contribution in [1.82, 2.24) is 0 Å². The number of carbonyl (C=O) groups is 1. The van der Waals surface area contributed by atoms with E-state index in [1.807, 2.05) is 32.0 Å². The van der Waals surface area contributed by atoms with Crippen LogP contribution in [-0.4, -0.2) is 33.7 Å². The maximum absolute atomic E-state index is 12.2. The molecule has 1 N–H and O–H groups in total. The SMILES string of the molecule is CCOc1ccccc1N(CCC(=O)Nc1cccc(C)c1)S(C)(=O)=O. The van der Waals surface area contributed by atoms with Gasteiger partial charge < -0.3 is 10.1 Å². The Labute approximate surface area is 154 Å². The highest BCUT2D eigenvalue weighted by Gasteiger charge is 2.21. The van der Waals surface area contributed by atoms with Crippen molar-refractivity contribution in [3.05, 3.63) is 54.1 Å². The average molecular weight is 376 g/mol. The number of hydrogen-bond acceptors (Lipinski definition) is 4. The molecule has 0 unspecified atom stereocenters. The van der Waals surface area contributed by atoms with Gasteiger partial charge in [0.1, 0.15) is 5.75 Å². The van der Waals surface area contributed by atoms with Crippen LogP contribution in [0.4, 0.5) is 11.4 Å². The smallest absolute Gasteiger partial charge is 0.232 e. The highest BCUT2D eigenvalue weighted by molar-refractivity contribution is 7.92. The minimum Gasteiger partial charge on any atom is -0.492 e. The molecule has 0 heterocycles. The first kappa shape index (κ1) is 19.8. The van der Waals surface area contributed by atoms with Crippen LogP contribution in [0.5, 0.6) is 5.75 Å². The normalized spacial score (nSPS) is 11.0. The first-order chi connectivity index (χ1) is 12.3. The quantitative estimate of drug-likeness (QED) is 0.768. The minimum atomic E-state index is -3.56. The monoisotopic (exact) mass is 376 g/mol. The van der Waals surface area contributed by atoms with Gasteiger partial charge in [0.2, 0.25) is 15.9 Å². The number of aryl methyl sites for hydroxylation is 1. The van der Waals surface area contributed by atoms with E-state index in [0.29, 0.717) is 23.7 Å². The Kier molecular flexibility index (Phi) is 6.63. The lowest BCUT2D eigenvalue weighted by molar-refractivity contribution is -0.116. The highest BCUT2D eigenvalue weighted by atomic mass is 32.2. The Morgan fingerprint density at radius 1 is 1.15 bits per heavy atom. The van der Waals surface area contributed by atoms with Gasteiger partial charge in [-0.05, 0) is 43.7 Å². The molecule has 26 heavy (non-hydrogen) atoms. The summed E-state index contributed by atoms with van der Waals surface area (Å²) in [4.78, 5) is 12.2. The summed E-state index contributed by atoms with van der Waals surface area (Å²) in [7, 11) is -3.56. The molecule has 0 saturated carbocycles. The van der Waals surface area contributed by atoms with Gasteiger partial charge in [-0.15, -0.1) is 0 Å². The van der Waals surface area contributed by atoms with Crippen LogP contribution in [0, 0.1) is 6.92 Å². The second-order valence-electron chi connectivity index (χ2n) is 5.90. The number of nitrogens with one attached hydrogen (secondary N) is 1. The van der Waals surface area contributed by atoms with Gasteiger partial charge in [0.05, 0.1) is 18.6 Å². The number of sulfonamides is 1. The fourth-order valence-electron chi connectivity index (χ4n) is 2.56. The topological polar surface area (TPSA) is 75.7 Å². The van der Waals surface area contributed by atoms with Gasteiger partial charge in [-0.2, -0.15) is 0 Å². The predicted octanol–water partition coefficient (Wildman–Crippen LogP) is 3.19. The van der Waals surface area contributed by atoms with Crippen LogP contribution in [0.25, 0.3) is 0 Å². The number of para-hydroxylation sites is 2. The van der Waals surface area contributed by atoms with Crippen LogP contribution in [0.1, 0.15) is 18.9 Å². The molecule has 0 radical (unpaired) electrons. The lowest BCUT2D eigenvalue weighted by Gasteiger charge is -2.24. The maximum atomic E-state index is 12.2. The van der Waals surface area contributed by atoms with Gasteiger partial charge in [-0.25, -0.2) is 8.42 Å². The van der Waals surface area contributed by atoms with E-state index in [4.69, 9.17) is 4.74 Å². The van der Waals surface area contributed by atoms with Crippen molar-refractivity contribution in [2.45, 2.75) is 20.3 Å². The molecule has 0 aliphatic rings. The van der Waals surface area contributed by atoms with E-state index < -0.39 is 10.0 Å². The molecular weight excluding hydrogens is 352 g/mol. The van der Waals surface area contributed by atoms with Crippen LogP contribution in [-0.2, 0) is 14.8 Å². The van der Waals surface area contributed by atoms with Crippen molar-refractivity contribution in [2.24, 2.45) is 0 Å². The van der Waals surface area contributed by atoms with Gasteiger partial charge >= 0.3 is 0 Å². The van der Waals surface area contributed by atoms with Crippen LogP contribution in [0.3, 0.4) is 0 Å². The van der Waals surface area contributed by atoms with Gasteiger partial charge in [0, 0.05) is 18.7 Å². The van der Waals surface area contributed by atoms with E-state index in [-0.39, 0.29) is 18.9 Å². The second kappa shape index (κ2) is 8.71. The Morgan fingerprint density at radius 3 is 2.54 bits per heavy atom. The summed E-state index contributed by atoms with van der Waals surface area (Å²) in [6, 6.07) is 14.3. The molecule has 0 fully saturated rings. The minimum absolute atomic E-state index is 0.0283. The number of ether oxygens (including phenoxy) is 1. The van der Waals surface area contributed by atoms with E-state index in [1.165, 1.54) is 4.31 Å². The molecule has 1 amide bonds. The molecule has 0 saturated heterocycles. The lowest BCUT2D eigenvalue weighted by atomic mass is 10.2. The molecule has 0 aliphatic carbocycles. The number of hydrogen-bond donors (Lipinski definition) is 1. The Balaban J connectivity index is 2.13. The van der Waals surface area contributed by atoms with Gasteiger partial charge in [-0.1, -0.05) is 24.3 Å². The molecular formula is C19H24N2O4S. The lowest BCUT2D eigenvalue weighted by Crippen LogP contribution is -2.33. The summed E-state index contributed by atoms with van der Waals surface area (Å²) in [5.41, 5.74) is 2.15. The Hall–Kier alpha value is -2.54. The first-order valence-electron chi connectivity index (χ1n) is 8.37. The fourth-order valence-corrected chi connectivity index (χ4v) is 3.49. The molecule has 0 bridgehead atoms. The van der Waals surface area contributed by atoms with E-state index in [2.05, 4.69) is 5.32 Å². The summed E-state index contributed by atoms with van der Waals surface area (Å²) in [6.07, 6.45) is 1.15. The zero-order valence-electron chi connectivity index (χ0n) is 15.2. The largest absolute Gasteiger partial charge is 0.492 e. The Bertz CT molecular complexity index is 865. The molecule has 0 aromatic heterocycles. The average Bonchev–Trinajstić information content (AvgIpc) is 2.55. The molecule has 2 aromatic rings. The van der Waals surface area contributed by atoms with Crippen LogP contribution < -0.4 is 14.4 Å². The van der Waals surface area contributed by atoms with Crippen LogP contribution in [0.2, 0.25) is 0 Å². The summed E-state index contributed by atoms with van der Waals surface area (Å²) in [6.45, 7) is 4.21. The van der Waals surface area contributed by atoms with Crippen LogP contribution in [0.15, 0.2) is 48.5 Å². The zero-order chi connectivity index (χ0) is 19.2. The third-order valence-electron chi connectivity index (χ3n) is 3.68. The molecule has 7 heteroatoms. The van der Waals surface area contributed by atoms with Gasteiger partial charge in [0.15, 0.2) is 0 Å². The standard InChI is InChI=1S/C19H24N2O4S/c1-4-25-18-11-6-5-10-17(18)21(26(3,23)24)13-12-19(22)20-16-9-7-8-15(2)14-16/h5-11,14H,4,12-13H2,1-3H3,(H,20,22). The van der Waals surface area contributed by atoms with Crippen molar-refractivity contribution in [2.75, 3.05) is 29.0 Å². The van der Waals surface area contributed by atoms with Crippen molar-refractivity contribution in [3.8, 4) is 5.75 Å². The van der Waals surface area contributed by atoms with E-state index in [0.717, 1.165) is 11.8 Å². The summed E-state index contributed by atoms with van der Waals surface area (Å²) in [5.74, 6) is 0.220. The molecule has 0 atom stereocenters. The second-order valence-corrected chi connectivity index (χ2v) is 7.81. The predicted molar refractivity (Wildman–Crippen MR) is 104 cm³/mol. The van der Waals surface area contributed by atoms with E-state index in [1.54, 1.807) is 30.3 Å². The highest BCUT2D eigenvalue weighted by Crippen LogP contribution is 2.30. The van der Waals surface area contributed by atoms with E-state index in [9.17, 15) is 13.2 Å². The molecule has 140 valence electrons. The van der Waals surface area contributed by atoms with Gasteiger partial charge in [-0.3, -0.25) is 9.10 Å². The van der Waals surface area contributed by atoms with Crippen molar-refractivity contribution in [1.29, 1.82) is 0 Å². The number of amides is 1. The molecule has 2 rings (SSSR count). The third-order valence-corrected chi connectivity index (χ3v) is 4.86. The number of nitrogens with zero attached hydrogens (tertiary/aromatic N) is 1. The molecule has 0 spiro atoms. The number of carbonyl (C=O) groups excluding carboxylic acids is 1. The summed E-state index contributed by atoms with van der Waals surface area (Å²) < 4.78 is 31.2. The molecule has 6 nitrogen and oxygen atoms in total. The molecule has 0 aliphatic heterocycles. The van der Waals surface area contributed by atoms with Crippen molar-refractivity contribution in [3.63, 3.8) is 0 Å². The fraction of sp³-hybridized carbons (Fsp3) is 0.316. The van der Waals surface area contributed by atoms with Crippen molar-refractivity contribution < 1.29 is 17.9 Å². The van der Waals surface area contributed by atoms with Gasteiger partial charge in [0.25, 0.3) is 0 Å². The Morgan fingerprint density at radius 2 is 1.88 bits per heavy atom. The first-order valence-corrected chi connectivity index (χ1v) is 10.2. The molecule has 2 aromatic carbocycles. The zero-order valence-corrected chi connectivity index (χ0v) is 16.0. The maximum Gasteiger partial charge on any atom is 0.232 e. The summed E-state index contributed by atoms with van der Waals surface area (Å²) in [5, 5.41) is 2.79. The number of benzene rings is 2. The third kappa shape index (κ3) is 5.49.